The van der Waals surface area contributed by atoms with Crippen LogP contribution in [0.4, 0.5) is 10.1 Å². The van der Waals surface area contributed by atoms with Gasteiger partial charge in [-0.15, -0.1) is 0 Å². The number of rotatable bonds is 7. The van der Waals surface area contributed by atoms with Crippen molar-refractivity contribution >= 4 is 23.4 Å². The van der Waals surface area contributed by atoms with E-state index in [1.165, 1.54) is 23.9 Å². The number of aromatic nitrogens is 2. The molecule has 0 spiro atoms. The normalized spacial score (nSPS) is 10.6. The van der Waals surface area contributed by atoms with Gasteiger partial charge in [0.05, 0.1) is 23.9 Å². The van der Waals surface area contributed by atoms with Gasteiger partial charge >= 0.3 is 0 Å². The van der Waals surface area contributed by atoms with E-state index in [-0.39, 0.29) is 23.9 Å². The maximum atomic E-state index is 13.6. The molecule has 2 aromatic carbocycles. The van der Waals surface area contributed by atoms with Crippen LogP contribution in [0.1, 0.15) is 17.5 Å². The van der Waals surface area contributed by atoms with Crippen molar-refractivity contribution in [1.29, 1.82) is 5.26 Å². The number of anilines is 1. The molecule has 3 rings (SSSR count). The van der Waals surface area contributed by atoms with Crippen LogP contribution in [0.15, 0.2) is 60.0 Å². The highest BCUT2D eigenvalue weighted by Crippen LogP contribution is 2.24. The van der Waals surface area contributed by atoms with Crippen LogP contribution in [0.2, 0.25) is 0 Å². The van der Waals surface area contributed by atoms with E-state index in [0.717, 1.165) is 16.8 Å². The van der Waals surface area contributed by atoms with Crippen molar-refractivity contribution in [3.05, 3.63) is 71.8 Å². The second kappa shape index (κ2) is 9.39. The molecule has 0 unspecified atom stereocenters. The van der Waals surface area contributed by atoms with Gasteiger partial charge in [-0.1, -0.05) is 23.9 Å². The van der Waals surface area contributed by atoms with E-state index in [2.05, 4.69) is 11.1 Å². The minimum absolute atomic E-state index is 0.107. The SMILES string of the molecule is Cc1cc(C)cc(N(CCC#N)C(=O)CSc2nccn2-c2cccc(F)c2)c1. The molecule has 0 atom stereocenters. The number of carbonyl (C=O) groups is 1. The number of hydrogen-bond donors (Lipinski definition) is 0. The van der Waals surface area contributed by atoms with E-state index in [0.29, 0.717) is 17.4 Å². The molecule has 0 bridgehead atoms. The number of carbonyl (C=O) groups excluding carboxylic acids is 1. The molecule has 1 amide bonds. The smallest absolute Gasteiger partial charge is 0.237 e. The molecule has 7 heteroatoms. The number of imidazole rings is 1. The molecular formula is C22H21FN4OS. The molecule has 0 saturated heterocycles. The highest BCUT2D eigenvalue weighted by molar-refractivity contribution is 7.99. The third-order valence-corrected chi connectivity index (χ3v) is 5.24. The van der Waals surface area contributed by atoms with E-state index in [9.17, 15) is 9.18 Å². The fraction of sp³-hybridized carbons (Fsp3) is 0.227. The van der Waals surface area contributed by atoms with Crippen molar-refractivity contribution in [2.24, 2.45) is 0 Å². The molecule has 1 aromatic heterocycles. The second-order valence-electron chi connectivity index (χ2n) is 6.65. The van der Waals surface area contributed by atoms with Gasteiger partial charge in [-0.3, -0.25) is 9.36 Å². The number of halogens is 1. The van der Waals surface area contributed by atoms with Gasteiger partial charge in [0.25, 0.3) is 0 Å². The molecule has 29 heavy (non-hydrogen) atoms. The predicted molar refractivity (Wildman–Crippen MR) is 113 cm³/mol. The van der Waals surface area contributed by atoms with Crippen LogP contribution < -0.4 is 4.90 Å². The lowest BCUT2D eigenvalue weighted by Gasteiger charge is -2.22. The lowest BCUT2D eigenvalue weighted by atomic mass is 10.1. The number of nitriles is 1. The van der Waals surface area contributed by atoms with Gasteiger partial charge in [-0.2, -0.15) is 5.26 Å². The van der Waals surface area contributed by atoms with E-state index in [1.54, 1.807) is 34.0 Å². The van der Waals surface area contributed by atoms with Crippen molar-refractivity contribution in [1.82, 2.24) is 9.55 Å². The molecule has 148 valence electrons. The first-order valence-corrected chi connectivity index (χ1v) is 10.1. The van der Waals surface area contributed by atoms with Gasteiger partial charge in [-0.05, 0) is 55.3 Å². The van der Waals surface area contributed by atoms with Crippen molar-refractivity contribution in [2.75, 3.05) is 17.2 Å². The monoisotopic (exact) mass is 408 g/mol. The largest absolute Gasteiger partial charge is 0.311 e. The summed E-state index contributed by atoms with van der Waals surface area (Å²) in [7, 11) is 0. The van der Waals surface area contributed by atoms with Crippen molar-refractivity contribution in [3.8, 4) is 11.8 Å². The Morgan fingerprint density at radius 3 is 2.69 bits per heavy atom. The Morgan fingerprint density at radius 1 is 1.24 bits per heavy atom. The summed E-state index contributed by atoms with van der Waals surface area (Å²) in [5, 5.41) is 9.58. The third-order valence-electron chi connectivity index (χ3n) is 4.28. The maximum absolute atomic E-state index is 13.6. The summed E-state index contributed by atoms with van der Waals surface area (Å²) in [4.78, 5) is 18.9. The number of benzene rings is 2. The Bertz CT molecular complexity index is 1040. The number of amides is 1. The summed E-state index contributed by atoms with van der Waals surface area (Å²) in [6, 6.07) is 14.3. The predicted octanol–water partition coefficient (Wildman–Crippen LogP) is 4.67. The van der Waals surface area contributed by atoms with Crippen LogP contribution in [0.3, 0.4) is 0 Å². The van der Waals surface area contributed by atoms with Crippen LogP contribution >= 0.6 is 11.8 Å². The van der Waals surface area contributed by atoms with E-state index in [1.807, 2.05) is 32.0 Å². The average molecular weight is 409 g/mol. The zero-order chi connectivity index (χ0) is 20.8. The summed E-state index contributed by atoms with van der Waals surface area (Å²) in [6.07, 6.45) is 3.61. The van der Waals surface area contributed by atoms with Gasteiger partial charge in [0.2, 0.25) is 5.91 Å². The number of nitrogens with zero attached hydrogens (tertiary/aromatic N) is 4. The molecule has 0 fully saturated rings. The lowest BCUT2D eigenvalue weighted by molar-refractivity contribution is -0.116. The first-order valence-electron chi connectivity index (χ1n) is 9.15. The van der Waals surface area contributed by atoms with Gasteiger partial charge in [0.1, 0.15) is 5.82 Å². The lowest BCUT2D eigenvalue weighted by Crippen LogP contribution is -2.33. The molecule has 5 nitrogen and oxygen atoms in total. The molecule has 0 aliphatic carbocycles. The molecule has 0 N–H and O–H groups in total. The molecule has 0 radical (unpaired) electrons. The number of aryl methyl sites for hydroxylation is 2. The van der Waals surface area contributed by atoms with Crippen molar-refractivity contribution < 1.29 is 9.18 Å². The minimum Gasteiger partial charge on any atom is -0.311 e. The standard InChI is InChI=1S/C22H21FN4OS/c1-16-11-17(2)13-20(12-16)26(9-4-7-24)21(28)15-29-22-25-8-10-27(22)19-6-3-5-18(23)14-19/h3,5-6,8,10-14H,4,9,15H2,1-2H3. The third kappa shape index (κ3) is 5.24. The van der Waals surface area contributed by atoms with E-state index < -0.39 is 0 Å². The first-order chi connectivity index (χ1) is 14.0. The van der Waals surface area contributed by atoms with Crippen LogP contribution in [-0.2, 0) is 4.79 Å². The fourth-order valence-corrected chi connectivity index (χ4v) is 3.94. The van der Waals surface area contributed by atoms with Crippen LogP contribution in [0.5, 0.6) is 0 Å². The van der Waals surface area contributed by atoms with Crippen molar-refractivity contribution in [3.63, 3.8) is 0 Å². The fourth-order valence-electron chi connectivity index (χ4n) is 3.09. The van der Waals surface area contributed by atoms with E-state index >= 15 is 0 Å². The van der Waals surface area contributed by atoms with Gasteiger partial charge in [0.15, 0.2) is 5.16 Å². The molecule has 3 aromatic rings. The van der Waals surface area contributed by atoms with Gasteiger partial charge < -0.3 is 4.90 Å². The van der Waals surface area contributed by atoms with Crippen LogP contribution in [0, 0.1) is 31.0 Å². The highest BCUT2D eigenvalue weighted by Gasteiger charge is 2.18. The van der Waals surface area contributed by atoms with Gasteiger partial charge in [0, 0.05) is 24.6 Å². The molecule has 1 heterocycles. The molecule has 0 aliphatic heterocycles. The highest BCUT2D eigenvalue weighted by atomic mass is 32.2. The van der Waals surface area contributed by atoms with Crippen LogP contribution in [0.25, 0.3) is 5.69 Å². The zero-order valence-corrected chi connectivity index (χ0v) is 17.1. The second-order valence-corrected chi connectivity index (χ2v) is 7.59. The summed E-state index contributed by atoms with van der Waals surface area (Å²) in [6.45, 7) is 4.29. The number of thioether (sulfide) groups is 1. The Hall–Kier alpha value is -3.11. The topological polar surface area (TPSA) is 61.9 Å². The Kier molecular flexibility index (Phi) is 6.68. The summed E-state index contributed by atoms with van der Waals surface area (Å²) < 4.78 is 15.3. The summed E-state index contributed by atoms with van der Waals surface area (Å²) in [5.74, 6) is -0.283. The van der Waals surface area contributed by atoms with Crippen LogP contribution in [-0.4, -0.2) is 27.8 Å². The molecule has 0 saturated carbocycles. The Balaban J connectivity index is 1.78. The maximum Gasteiger partial charge on any atom is 0.237 e. The summed E-state index contributed by atoms with van der Waals surface area (Å²) in [5.41, 5.74) is 3.55. The first kappa shape index (κ1) is 20.6. The Morgan fingerprint density at radius 2 is 2.00 bits per heavy atom. The zero-order valence-electron chi connectivity index (χ0n) is 16.3. The molecular weight excluding hydrogens is 387 g/mol. The quantitative estimate of drug-likeness (QED) is 0.533. The van der Waals surface area contributed by atoms with E-state index in [4.69, 9.17) is 5.26 Å². The number of hydrogen-bond acceptors (Lipinski definition) is 4. The van der Waals surface area contributed by atoms with Gasteiger partial charge in [-0.25, -0.2) is 9.37 Å². The minimum atomic E-state index is -0.333. The molecule has 0 aliphatic rings. The van der Waals surface area contributed by atoms with Crippen molar-refractivity contribution in [2.45, 2.75) is 25.4 Å². The summed E-state index contributed by atoms with van der Waals surface area (Å²) >= 11 is 1.28. The Labute approximate surface area is 173 Å². The average Bonchev–Trinajstić information content (AvgIpc) is 3.14.